The average Bonchev–Trinajstić information content (AvgIpc) is 2.91. The maximum atomic E-state index is 11.8. The molecule has 0 aliphatic carbocycles. The first-order valence-corrected chi connectivity index (χ1v) is 15.9. The van der Waals surface area contributed by atoms with E-state index < -0.39 is 11.9 Å². The molecule has 0 bridgehead atoms. The van der Waals surface area contributed by atoms with Gasteiger partial charge in [-0.1, -0.05) is 160 Å². The molecule has 1 aromatic carbocycles. The van der Waals surface area contributed by atoms with Crippen molar-refractivity contribution in [3.8, 4) is 0 Å². The van der Waals surface area contributed by atoms with Crippen LogP contribution in [0.1, 0.15) is 160 Å². The van der Waals surface area contributed by atoms with Gasteiger partial charge in [-0.25, -0.2) is 0 Å². The first-order chi connectivity index (χ1) is 18.5. The SMILES string of the molecule is CCC(CCCCCCCCCCCCCCCCCCC(C(=O)O)C(C)c1ccccc1)CCC(=O)O. The summed E-state index contributed by atoms with van der Waals surface area (Å²) in [4.78, 5) is 22.5. The number of unbranched alkanes of at least 4 members (excludes halogenated alkanes) is 15. The molecule has 0 fully saturated rings. The first-order valence-electron chi connectivity index (χ1n) is 15.9. The van der Waals surface area contributed by atoms with Crippen molar-refractivity contribution in [3.63, 3.8) is 0 Å². The smallest absolute Gasteiger partial charge is 0.307 e. The molecule has 2 N–H and O–H groups in total. The summed E-state index contributed by atoms with van der Waals surface area (Å²) in [6, 6.07) is 10.1. The Hall–Kier alpha value is -1.84. The van der Waals surface area contributed by atoms with E-state index in [1.807, 2.05) is 37.3 Å². The fourth-order valence-corrected chi connectivity index (χ4v) is 5.73. The van der Waals surface area contributed by atoms with Gasteiger partial charge >= 0.3 is 11.9 Å². The monoisotopic (exact) mass is 530 g/mol. The Balaban J connectivity index is 1.87. The molecule has 1 aromatic rings. The van der Waals surface area contributed by atoms with Crippen molar-refractivity contribution < 1.29 is 19.8 Å². The van der Waals surface area contributed by atoms with Crippen molar-refractivity contribution in [2.24, 2.45) is 11.8 Å². The zero-order chi connectivity index (χ0) is 27.8. The Morgan fingerprint density at radius 1 is 0.632 bits per heavy atom. The molecular formula is C34H58O4. The van der Waals surface area contributed by atoms with Gasteiger partial charge in [0.1, 0.15) is 0 Å². The third kappa shape index (κ3) is 17.6. The minimum atomic E-state index is -0.659. The van der Waals surface area contributed by atoms with Crippen LogP contribution in [-0.2, 0) is 9.59 Å². The lowest BCUT2D eigenvalue weighted by Gasteiger charge is -2.20. The van der Waals surface area contributed by atoms with Crippen LogP contribution in [0.2, 0.25) is 0 Å². The van der Waals surface area contributed by atoms with Crippen molar-refractivity contribution in [1.29, 1.82) is 0 Å². The Morgan fingerprint density at radius 2 is 1.05 bits per heavy atom. The molecule has 4 nitrogen and oxygen atoms in total. The summed E-state index contributed by atoms with van der Waals surface area (Å²) in [6.07, 6.45) is 25.0. The summed E-state index contributed by atoms with van der Waals surface area (Å²) < 4.78 is 0. The minimum Gasteiger partial charge on any atom is -0.481 e. The molecule has 1 rings (SSSR count). The molecule has 3 atom stereocenters. The van der Waals surface area contributed by atoms with E-state index in [0.717, 1.165) is 37.7 Å². The van der Waals surface area contributed by atoms with Crippen LogP contribution < -0.4 is 0 Å². The molecule has 38 heavy (non-hydrogen) atoms. The largest absolute Gasteiger partial charge is 0.481 e. The second kappa shape index (κ2) is 23.1. The molecule has 4 heteroatoms. The van der Waals surface area contributed by atoms with E-state index >= 15 is 0 Å². The predicted molar refractivity (Wildman–Crippen MR) is 160 cm³/mol. The standard InChI is InChI=1S/C34H58O4/c1-3-30(27-28-33(35)36)23-19-16-14-12-10-8-6-4-5-7-9-11-13-15-17-22-26-32(34(37)38)29(2)31-24-20-18-21-25-31/h18,20-21,24-25,29-30,32H,3-17,19,22-23,26-28H2,1-2H3,(H,35,36)(H,37,38). The number of carboxylic acids is 2. The third-order valence-electron chi connectivity index (χ3n) is 8.47. The lowest BCUT2D eigenvalue weighted by molar-refractivity contribution is -0.142. The summed E-state index contributed by atoms with van der Waals surface area (Å²) in [5, 5.41) is 18.5. The number of rotatable bonds is 26. The highest BCUT2D eigenvalue weighted by Crippen LogP contribution is 2.29. The van der Waals surface area contributed by atoms with E-state index in [4.69, 9.17) is 5.11 Å². The van der Waals surface area contributed by atoms with E-state index in [9.17, 15) is 14.7 Å². The van der Waals surface area contributed by atoms with Crippen LogP contribution in [0.3, 0.4) is 0 Å². The van der Waals surface area contributed by atoms with Crippen LogP contribution in [0.5, 0.6) is 0 Å². The van der Waals surface area contributed by atoms with Crippen molar-refractivity contribution in [1.82, 2.24) is 0 Å². The van der Waals surface area contributed by atoms with Gasteiger partial charge in [-0.2, -0.15) is 0 Å². The van der Waals surface area contributed by atoms with Gasteiger partial charge in [-0.15, -0.1) is 0 Å². The molecule has 0 spiro atoms. The lowest BCUT2D eigenvalue weighted by atomic mass is 9.84. The Morgan fingerprint density at radius 3 is 1.45 bits per heavy atom. The molecule has 0 saturated carbocycles. The summed E-state index contributed by atoms with van der Waals surface area (Å²) in [5.41, 5.74) is 1.13. The van der Waals surface area contributed by atoms with Crippen LogP contribution in [0, 0.1) is 11.8 Å². The second-order valence-electron chi connectivity index (χ2n) is 11.6. The maximum Gasteiger partial charge on any atom is 0.307 e. The molecule has 0 aliphatic rings. The molecular weight excluding hydrogens is 472 g/mol. The van der Waals surface area contributed by atoms with Crippen LogP contribution in [0.25, 0.3) is 0 Å². The van der Waals surface area contributed by atoms with Crippen LogP contribution in [-0.4, -0.2) is 22.2 Å². The van der Waals surface area contributed by atoms with E-state index in [1.165, 1.54) is 96.3 Å². The van der Waals surface area contributed by atoms with Gasteiger partial charge < -0.3 is 10.2 Å². The third-order valence-corrected chi connectivity index (χ3v) is 8.47. The quantitative estimate of drug-likeness (QED) is 0.117. The highest BCUT2D eigenvalue weighted by Gasteiger charge is 2.25. The first kappa shape index (κ1) is 34.2. The van der Waals surface area contributed by atoms with Gasteiger partial charge in [-0.05, 0) is 30.2 Å². The van der Waals surface area contributed by atoms with Crippen LogP contribution in [0.15, 0.2) is 30.3 Å². The highest BCUT2D eigenvalue weighted by molar-refractivity contribution is 5.71. The molecule has 0 radical (unpaired) electrons. The summed E-state index contributed by atoms with van der Waals surface area (Å²) in [7, 11) is 0. The van der Waals surface area contributed by atoms with Crippen molar-refractivity contribution in [2.75, 3.05) is 0 Å². The summed E-state index contributed by atoms with van der Waals surface area (Å²) in [6.45, 7) is 4.23. The van der Waals surface area contributed by atoms with Gasteiger partial charge in [0.15, 0.2) is 0 Å². The van der Waals surface area contributed by atoms with E-state index in [1.54, 1.807) is 0 Å². The topological polar surface area (TPSA) is 74.6 Å². The zero-order valence-electron chi connectivity index (χ0n) is 24.7. The molecule has 0 amide bonds. The van der Waals surface area contributed by atoms with E-state index in [0.29, 0.717) is 12.3 Å². The fourth-order valence-electron chi connectivity index (χ4n) is 5.73. The Kier molecular flexibility index (Phi) is 20.8. The zero-order valence-corrected chi connectivity index (χ0v) is 24.7. The summed E-state index contributed by atoms with van der Waals surface area (Å²) in [5.74, 6) is -0.943. The predicted octanol–water partition coefficient (Wildman–Crippen LogP) is 10.4. The number of benzene rings is 1. The second-order valence-corrected chi connectivity index (χ2v) is 11.6. The van der Waals surface area contributed by atoms with Gasteiger partial charge in [0.2, 0.25) is 0 Å². The number of carbonyl (C=O) groups is 2. The van der Waals surface area contributed by atoms with Crippen LogP contribution >= 0.6 is 0 Å². The Labute approximate surface area is 234 Å². The van der Waals surface area contributed by atoms with Crippen molar-refractivity contribution >= 4 is 11.9 Å². The van der Waals surface area contributed by atoms with Crippen LogP contribution in [0.4, 0.5) is 0 Å². The summed E-state index contributed by atoms with van der Waals surface area (Å²) >= 11 is 0. The normalized spacial score (nSPS) is 13.7. The molecule has 0 saturated heterocycles. The highest BCUT2D eigenvalue weighted by atomic mass is 16.4. The number of carboxylic acid groups (broad SMARTS) is 2. The number of hydrogen-bond donors (Lipinski definition) is 2. The van der Waals surface area contributed by atoms with E-state index in [2.05, 4.69) is 6.92 Å². The average molecular weight is 531 g/mol. The molecule has 0 aliphatic heterocycles. The minimum absolute atomic E-state index is 0.0652. The van der Waals surface area contributed by atoms with Gasteiger partial charge in [0.05, 0.1) is 5.92 Å². The molecule has 0 heterocycles. The number of aliphatic carboxylic acids is 2. The molecule has 218 valence electrons. The molecule has 3 unspecified atom stereocenters. The van der Waals surface area contributed by atoms with Gasteiger partial charge in [0.25, 0.3) is 0 Å². The Bertz CT molecular complexity index is 702. The maximum absolute atomic E-state index is 11.8. The fraction of sp³-hybridized carbons (Fsp3) is 0.765. The lowest BCUT2D eigenvalue weighted by Crippen LogP contribution is -2.20. The van der Waals surface area contributed by atoms with Crippen molar-refractivity contribution in [2.45, 2.75) is 155 Å². The molecule has 0 aromatic heterocycles. The van der Waals surface area contributed by atoms with Gasteiger partial charge in [0, 0.05) is 6.42 Å². The van der Waals surface area contributed by atoms with Crippen molar-refractivity contribution in [3.05, 3.63) is 35.9 Å². The van der Waals surface area contributed by atoms with Gasteiger partial charge in [-0.3, -0.25) is 9.59 Å². The van der Waals surface area contributed by atoms with E-state index in [-0.39, 0.29) is 11.8 Å². The number of hydrogen-bond acceptors (Lipinski definition) is 2.